The number of nitrogens with one attached hydrogen (secondary N) is 1. The van der Waals surface area contributed by atoms with Crippen LogP contribution in [-0.4, -0.2) is 68.8 Å². The van der Waals surface area contributed by atoms with E-state index in [0.717, 1.165) is 32.8 Å². The molecule has 2 amide bonds. The van der Waals surface area contributed by atoms with Gasteiger partial charge in [-0.05, 0) is 26.0 Å². The lowest BCUT2D eigenvalue weighted by Gasteiger charge is -2.26. The molecule has 0 aliphatic carbocycles. The summed E-state index contributed by atoms with van der Waals surface area (Å²) in [6.45, 7) is 10.4. The average molecular weight is 377 g/mol. The molecule has 0 unspecified atom stereocenters. The molecule has 150 valence electrons. The second-order valence-electron chi connectivity index (χ2n) is 6.86. The van der Waals surface area contributed by atoms with E-state index in [4.69, 9.17) is 9.47 Å². The Morgan fingerprint density at radius 2 is 1.96 bits per heavy atom. The summed E-state index contributed by atoms with van der Waals surface area (Å²) in [5, 5.41) is 2.93. The van der Waals surface area contributed by atoms with E-state index in [-0.39, 0.29) is 24.3 Å². The minimum absolute atomic E-state index is 0.00319. The van der Waals surface area contributed by atoms with Gasteiger partial charge in [-0.2, -0.15) is 0 Å². The molecule has 1 saturated heterocycles. The van der Waals surface area contributed by atoms with E-state index in [0.29, 0.717) is 24.5 Å². The first kappa shape index (κ1) is 21.2. The average Bonchev–Trinajstić information content (AvgIpc) is 2.63. The van der Waals surface area contributed by atoms with Gasteiger partial charge >= 0.3 is 0 Å². The molecule has 1 aliphatic heterocycles. The van der Waals surface area contributed by atoms with E-state index >= 15 is 0 Å². The van der Waals surface area contributed by atoms with Crippen LogP contribution >= 0.6 is 0 Å². The van der Waals surface area contributed by atoms with Crippen LogP contribution < -0.4 is 15.0 Å². The zero-order valence-electron chi connectivity index (χ0n) is 16.6. The quantitative estimate of drug-likeness (QED) is 0.709. The molecule has 2 rings (SSSR count). The lowest BCUT2D eigenvalue weighted by atomic mass is 10.2. The van der Waals surface area contributed by atoms with Gasteiger partial charge < -0.3 is 19.7 Å². The predicted octanol–water partition coefficient (Wildman–Crippen LogP) is 1.67. The molecular weight excluding hydrogens is 346 g/mol. The minimum atomic E-state index is -0.115. The first-order valence-corrected chi connectivity index (χ1v) is 9.58. The van der Waals surface area contributed by atoms with Crippen molar-refractivity contribution in [1.29, 1.82) is 0 Å². The molecule has 1 aromatic rings. The van der Waals surface area contributed by atoms with Crippen LogP contribution in [0.25, 0.3) is 0 Å². The molecule has 1 aliphatic rings. The summed E-state index contributed by atoms with van der Waals surface area (Å²) in [6.07, 6.45) is 0.252. The topological polar surface area (TPSA) is 71.1 Å². The number of amides is 2. The molecule has 0 aromatic heterocycles. The van der Waals surface area contributed by atoms with Crippen molar-refractivity contribution in [2.45, 2.75) is 33.3 Å². The lowest BCUT2D eigenvalue weighted by molar-refractivity contribution is -0.121. The van der Waals surface area contributed by atoms with Crippen molar-refractivity contribution in [1.82, 2.24) is 10.2 Å². The zero-order chi connectivity index (χ0) is 19.6. The van der Waals surface area contributed by atoms with Crippen molar-refractivity contribution in [3.63, 3.8) is 0 Å². The summed E-state index contributed by atoms with van der Waals surface area (Å²) in [5.74, 6) is 0.475. The van der Waals surface area contributed by atoms with Gasteiger partial charge in [0.15, 0.2) is 0 Å². The van der Waals surface area contributed by atoms with E-state index in [2.05, 4.69) is 10.2 Å². The number of nitrogens with zero attached hydrogens (tertiary/aromatic N) is 2. The lowest BCUT2D eigenvalue weighted by Crippen LogP contribution is -2.42. The van der Waals surface area contributed by atoms with E-state index in [1.807, 2.05) is 38.1 Å². The number of benzene rings is 1. The molecular formula is C20H31N3O4. The van der Waals surface area contributed by atoms with Gasteiger partial charge in [-0.3, -0.25) is 14.5 Å². The Balaban J connectivity index is 1.85. The fraction of sp³-hybridized carbons (Fsp3) is 0.600. The van der Waals surface area contributed by atoms with Crippen LogP contribution in [0.5, 0.6) is 5.75 Å². The predicted molar refractivity (Wildman–Crippen MR) is 105 cm³/mol. The molecule has 1 aromatic carbocycles. The molecule has 1 fully saturated rings. The normalized spacial score (nSPS) is 14.8. The summed E-state index contributed by atoms with van der Waals surface area (Å²) in [5.41, 5.74) is 0.694. The fourth-order valence-electron chi connectivity index (χ4n) is 2.96. The molecule has 1 heterocycles. The summed E-state index contributed by atoms with van der Waals surface area (Å²) >= 11 is 0. The summed E-state index contributed by atoms with van der Waals surface area (Å²) in [7, 11) is 0. The van der Waals surface area contributed by atoms with Gasteiger partial charge in [0.2, 0.25) is 11.8 Å². The van der Waals surface area contributed by atoms with E-state index in [1.54, 1.807) is 4.90 Å². The highest BCUT2D eigenvalue weighted by Gasteiger charge is 2.18. The number of rotatable bonds is 9. The molecule has 0 bridgehead atoms. The number of anilines is 1. The highest BCUT2D eigenvalue weighted by atomic mass is 16.5. The number of hydrogen-bond acceptors (Lipinski definition) is 5. The van der Waals surface area contributed by atoms with Crippen LogP contribution in [0, 0.1) is 0 Å². The molecule has 0 saturated carbocycles. The molecule has 27 heavy (non-hydrogen) atoms. The number of hydrogen-bond donors (Lipinski definition) is 1. The van der Waals surface area contributed by atoms with E-state index in [9.17, 15) is 9.59 Å². The maximum Gasteiger partial charge on any atom is 0.223 e. The van der Waals surface area contributed by atoms with Crippen molar-refractivity contribution in [3.05, 3.63) is 24.3 Å². The molecule has 0 spiro atoms. The Hall–Kier alpha value is -2.12. The Morgan fingerprint density at radius 1 is 1.26 bits per heavy atom. The Labute approximate surface area is 161 Å². The smallest absolute Gasteiger partial charge is 0.223 e. The Kier molecular flexibility index (Phi) is 8.54. The van der Waals surface area contributed by atoms with Crippen molar-refractivity contribution in [2.24, 2.45) is 0 Å². The number of morpholine rings is 1. The van der Waals surface area contributed by atoms with Crippen LogP contribution in [0.4, 0.5) is 5.69 Å². The maximum atomic E-state index is 12.2. The van der Waals surface area contributed by atoms with Gasteiger partial charge in [0.05, 0.1) is 25.0 Å². The third-order valence-electron chi connectivity index (χ3n) is 4.32. The van der Waals surface area contributed by atoms with E-state index < -0.39 is 0 Å². The molecule has 1 N–H and O–H groups in total. The van der Waals surface area contributed by atoms with Gasteiger partial charge in [-0.15, -0.1) is 0 Å². The fourth-order valence-corrected chi connectivity index (χ4v) is 2.96. The second kappa shape index (κ2) is 10.9. The Morgan fingerprint density at radius 3 is 2.63 bits per heavy atom. The SMILES string of the molecule is CC(=O)N(CCC(=O)NCCN1CCOCC1)c1ccccc1OC(C)C. The minimum Gasteiger partial charge on any atom is -0.489 e. The van der Waals surface area contributed by atoms with Crippen molar-refractivity contribution < 1.29 is 19.1 Å². The first-order chi connectivity index (χ1) is 13.0. The van der Waals surface area contributed by atoms with Crippen LogP contribution in [0.3, 0.4) is 0 Å². The second-order valence-corrected chi connectivity index (χ2v) is 6.86. The third-order valence-corrected chi connectivity index (χ3v) is 4.32. The van der Waals surface area contributed by atoms with Crippen molar-refractivity contribution in [3.8, 4) is 5.75 Å². The third kappa shape index (κ3) is 7.19. The highest BCUT2D eigenvalue weighted by molar-refractivity contribution is 5.93. The number of para-hydroxylation sites is 2. The summed E-state index contributed by atoms with van der Waals surface area (Å²) in [6, 6.07) is 7.42. The van der Waals surface area contributed by atoms with Crippen LogP contribution in [0.2, 0.25) is 0 Å². The monoisotopic (exact) mass is 377 g/mol. The van der Waals surface area contributed by atoms with Gasteiger partial charge in [-0.25, -0.2) is 0 Å². The van der Waals surface area contributed by atoms with Crippen LogP contribution in [-0.2, 0) is 14.3 Å². The largest absolute Gasteiger partial charge is 0.489 e. The number of carbonyl (C=O) groups excluding carboxylic acids is 2. The van der Waals surface area contributed by atoms with Gasteiger partial charge in [0.25, 0.3) is 0 Å². The molecule has 0 atom stereocenters. The standard InChI is InChI=1S/C20H31N3O4/c1-16(2)27-19-7-5-4-6-18(19)23(17(3)24)10-8-20(25)21-9-11-22-12-14-26-15-13-22/h4-7,16H,8-15H2,1-3H3,(H,21,25). The number of ether oxygens (including phenoxy) is 2. The molecule has 7 nitrogen and oxygen atoms in total. The van der Waals surface area contributed by atoms with Gasteiger partial charge in [0.1, 0.15) is 5.75 Å². The van der Waals surface area contributed by atoms with Crippen molar-refractivity contribution in [2.75, 3.05) is 50.8 Å². The van der Waals surface area contributed by atoms with Gasteiger partial charge in [-0.1, -0.05) is 12.1 Å². The van der Waals surface area contributed by atoms with Crippen molar-refractivity contribution >= 4 is 17.5 Å². The summed E-state index contributed by atoms with van der Waals surface area (Å²) in [4.78, 5) is 28.2. The Bertz CT molecular complexity index is 615. The first-order valence-electron chi connectivity index (χ1n) is 9.58. The summed E-state index contributed by atoms with van der Waals surface area (Å²) < 4.78 is 11.1. The molecule has 0 radical (unpaired) electrons. The van der Waals surface area contributed by atoms with E-state index in [1.165, 1.54) is 6.92 Å². The maximum absolute atomic E-state index is 12.2. The van der Waals surface area contributed by atoms with Gasteiger partial charge in [0, 0.05) is 46.1 Å². The highest BCUT2D eigenvalue weighted by Crippen LogP contribution is 2.29. The zero-order valence-corrected chi connectivity index (χ0v) is 16.6. The number of carbonyl (C=O) groups is 2. The van der Waals surface area contributed by atoms with Crippen LogP contribution in [0.1, 0.15) is 27.2 Å². The van der Waals surface area contributed by atoms with Crippen LogP contribution in [0.15, 0.2) is 24.3 Å². The molecule has 7 heteroatoms.